The lowest BCUT2D eigenvalue weighted by Gasteiger charge is -2.31. The van der Waals surface area contributed by atoms with Gasteiger partial charge < -0.3 is 10.3 Å². The van der Waals surface area contributed by atoms with E-state index in [1.807, 2.05) is 12.4 Å². The zero-order valence-corrected chi connectivity index (χ0v) is 7.98. The lowest BCUT2D eigenvalue weighted by atomic mass is 10.2. The number of rotatable bonds is 2. The van der Waals surface area contributed by atoms with E-state index in [1.54, 1.807) is 0 Å². The second kappa shape index (κ2) is 3.47. The predicted molar refractivity (Wildman–Crippen MR) is 51.2 cm³/mol. The SMILES string of the molecule is CC(CN)N1CCn2ccnc2C1. The van der Waals surface area contributed by atoms with Crippen LogP contribution in [0.15, 0.2) is 12.4 Å². The third kappa shape index (κ3) is 1.59. The summed E-state index contributed by atoms with van der Waals surface area (Å²) in [6.07, 6.45) is 3.91. The summed E-state index contributed by atoms with van der Waals surface area (Å²) in [5.74, 6) is 1.16. The van der Waals surface area contributed by atoms with Crippen LogP contribution in [0.3, 0.4) is 0 Å². The first-order valence-corrected chi connectivity index (χ1v) is 4.75. The Labute approximate surface area is 78.4 Å². The largest absolute Gasteiger partial charge is 0.333 e. The van der Waals surface area contributed by atoms with Crippen LogP contribution in [0, 0.1) is 0 Å². The van der Waals surface area contributed by atoms with E-state index in [9.17, 15) is 0 Å². The van der Waals surface area contributed by atoms with E-state index in [-0.39, 0.29) is 0 Å². The second-order valence-corrected chi connectivity index (χ2v) is 3.59. The summed E-state index contributed by atoms with van der Waals surface area (Å²) in [6, 6.07) is 0.463. The normalized spacial score (nSPS) is 19.8. The van der Waals surface area contributed by atoms with E-state index in [4.69, 9.17) is 5.73 Å². The molecule has 0 radical (unpaired) electrons. The van der Waals surface area contributed by atoms with Crippen LogP contribution < -0.4 is 5.73 Å². The molecule has 1 aromatic heterocycles. The van der Waals surface area contributed by atoms with Crippen molar-refractivity contribution in [1.82, 2.24) is 14.5 Å². The lowest BCUT2D eigenvalue weighted by molar-refractivity contribution is 0.166. The molecule has 1 atom stereocenters. The van der Waals surface area contributed by atoms with Crippen molar-refractivity contribution in [1.29, 1.82) is 0 Å². The molecule has 2 rings (SSSR count). The van der Waals surface area contributed by atoms with Crippen LogP contribution in [0.4, 0.5) is 0 Å². The Morgan fingerprint density at radius 1 is 1.62 bits per heavy atom. The Hall–Kier alpha value is -0.870. The Morgan fingerprint density at radius 2 is 2.46 bits per heavy atom. The molecular weight excluding hydrogens is 164 g/mol. The van der Waals surface area contributed by atoms with Gasteiger partial charge in [-0.1, -0.05) is 0 Å². The van der Waals surface area contributed by atoms with Crippen molar-refractivity contribution in [2.75, 3.05) is 13.1 Å². The van der Waals surface area contributed by atoms with Gasteiger partial charge in [-0.25, -0.2) is 4.98 Å². The van der Waals surface area contributed by atoms with Crippen molar-refractivity contribution < 1.29 is 0 Å². The summed E-state index contributed by atoms with van der Waals surface area (Å²) >= 11 is 0. The molecule has 0 fully saturated rings. The maximum absolute atomic E-state index is 5.63. The molecule has 0 aromatic carbocycles. The zero-order valence-electron chi connectivity index (χ0n) is 7.98. The summed E-state index contributed by atoms with van der Waals surface area (Å²) in [4.78, 5) is 6.68. The summed E-state index contributed by atoms with van der Waals surface area (Å²) in [5.41, 5.74) is 5.63. The summed E-state index contributed by atoms with van der Waals surface area (Å²) in [5, 5.41) is 0. The lowest BCUT2D eigenvalue weighted by Crippen LogP contribution is -2.43. The minimum Gasteiger partial charge on any atom is -0.333 e. The summed E-state index contributed by atoms with van der Waals surface area (Å²) in [7, 11) is 0. The molecule has 4 nitrogen and oxygen atoms in total. The molecule has 1 aliphatic rings. The van der Waals surface area contributed by atoms with E-state index >= 15 is 0 Å². The predicted octanol–water partition coefficient (Wildman–Crippen LogP) is 0.0459. The molecule has 2 N–H and O–H groups in total. The number of hydrogen-bond donors (Lipinski definition) is 1. The van der Waals surface area contributed by atoms with Gasteiger partial charge in [-0.15, -0.1) is 0 Å². The van der Waals surface area contributed by atoms with Gasteiger partial charge >= 0.3 is 0 Å². The van der Waals surface area contributed by atoms with Crippen molar-refractivity contribution in [2.24, 2.45) is 5.73 Å². The van der Waals surface area contributed by atoms with Gasteiger partial charge in [0.25, 0.3) is 0 Å². The van der Waals surface area contributed by atoms with Gasteiger partial charge in [-0.2, -0.15) is 0 Å². The maximum Gasteiger partial charge on any atom is 0.122 e. The number of imidazole rings is 1. The van der Waals surface area contributed by atoms with Crippen LogP contribution >= 0.6 is 0 Å². The van der Waals surface area contributed by atoms with Crippen LogP contribution in [0.25, 0.3) is 0 Å². The molecule has 2 heterocycles. The molecule has 0 spiro atoms. The average Bonchev–Trinajstić information content (AvgIpc) is 2.63. The molecule has 13 heavy (non-hydrogen) atoms. The average molecular weight is 180 g/mol. The number of nitrogens with zero attached hydrogens (tertiary/aromatic N) is 3. The summed E-state index contributed by atoms with van der Waals surface area (Å²) < 4.78 is 2.21. The molecule has 0 aliphatic carbocycles. The maximum atomic E-state index is 5.63. The van der Waals surface area contributed by atoms with Crippen LogP contribution in [0.2, 0.25) is 0 Å². The smallest absolute Gasteiger partial charge is 0.122 e. The number of aromatic nitrogens is 2. The van der Waals surface area contributed by atoms with Gasteiger partial charge in [0.1, 0.15) is 5.82 Å². The molecule has 1 aliphatic heterocycles. The van der Waals surface area contributed by atoms with Crippen molar-refractivity contribution in [3.8, 4) is 0 Å². The third-order valence-electron chi connectivity index (χ3n) is 2.74. The fraction of sp³-hybridized carbons (Fsp3) is 0.667. The van der Waals surface area contributed by atoms with Crippen molar-refractivity contribution in [2.45, 2.75) is 26.1 Å². The quantitative estimate of drug-likeness (QED) is 0.699. The second-order valence-electron chi connectivity index (χ2n) is 3.59. The van der Waals surface area contributed by atoms with Gasteiger partial charge in [0.05, 0.1) is 6.54 Å². The van der Waals surface area contributed by atoms with E-state index < -0.39 is 0 Å². The van der Waals surface area contributed by atoms with Gasteiger partial charge in [0, 0.05) is 38.1 Å². The van der Waals surface area contributed by atoms with Crippen molar-refractivity contribution in [3.05, 3.63) is 18.2 Å². The van der Waals surface area contributed by atoms with Gasteiger partial charge in [-0.05, 0) is 6.92 Å². The Kier molecular flexibility index (Phi) is 2.33. The first-order chi connectivity index (χ1) is 6.31. The highest BCUT2D eigenvalue weighted by Gasteiger charge is 2.19. The highest BCUT2D eigenvalue weighted by atomic mass is 15.2. The fourth-order valence-corrected chi connectivity index (χ4v) is 1.72. The Balaban J connectivity index is 2.08. The van der Waals surface area contributed by atoms with Crippen LogP contribution in [0.5, 0.6) is 0 Å². The standard InChI is InChI=1S/C9H16N4/c1-8(6-10)13-5-4-12-3-2-11-9(12)7-13/h2-3,8H,4-7,10H2,1H3. The number of fused-ring (bicyclic) bond motifs is 1. The molecule has 4 heteroatoms. The molecule has 1 unspecified atom stereocenters. The molecule has 1 aromatic rings. The first kappa shape index (κ1) is 8.72. The van der Waals surface area contributed by atoms with Crippen LogP contribution in [-0.2, 0) is 13.1 Å². The van der Waals surface area contributed by atoms with Gasteiger partial charge in [-0.3, -0.25) is 4.90 Å². The fourth-order valence-electron chi connectivity index (χ4n) is 1.72. The van der Waals surface area contributed by atoms with E-state index in [2.05, 4.69) is 21.4 Å². The highest BCUT2D eigenvalue weighted by molar-refractivity contribution is 4.96. The van der Waals surface area contributed by atoms with Crippen molar-refractivity contribution in [3.63, 3.8) is 0 Å². The van der Waals surface area contributed by atoms with E-state index in [0.717, 1.165) is 32.0 Å². The van der Waals surface area contributed by atoms with Crippen LogP contribution in [-0.4, -0.2) is 33.6 Å². The molecule has 0 bridgehead atoms. The minimum absolute atomic E-state index is 0.463. The third-order valence-corrected chi connectivity index (χ3v) is 2.74. The van der Waals surface area contributed by atoms with E-state index in [1.165, 1.54) is 0 Å². The van der Waals surface area contributed by atoms with Crippen LogP contribution in [0.1, 0.15) is 12.7 Å². The van der Waals surface area contributed by atoms with Crippen molar-refractivity contribution >= 4 is 0 Å². The van der Waals surface area contributed by atoms with Gasteiger partial charge in [0.15, 0.2) is 0 Å². The topological polar surface area (TPSA) is 47.1 Å². The molecule has 0 saturated heterocycles. The summed E-state index contributed by atoms with van der Waals surface area (Å²) in [6.45, 7) is 5.95. The Morgan fingerprint density at radius 3 is 3.23 bits per heavy atom. The number of hydrogen-bond acceptors (Lipinski definition) is 3. The first-order valence-electron chi connectivity index (χ1n) is 4.75. The molecule has 72 valence electrons. The molecule has 0 amide bonds. The Bertz CT molecular complexity index is 281. The number of nitrogens with two attached hydrogens (primary N) is 1. The molecule has 0 saturated carbocycles. The monoisotopic (exact) mass is 180 g/mol. The van der Waals surface area contributed by atoms with Gasteiger partial charge in [0.2, 0.25) is 0 Å². The molecular formula is C9H16N4. The zero-order chi connectivity index (χ0) is 9.26. The highest BCUT2D eigenvalue weighted by Crippen LogP contribution is 2.12. The van der Waals surface area contributed by atoms with E-state index in [0.29, 0.717) is 6.04 Å². The minimum atomic E-state index is 0.463.